The van der Waals surface area contributed by atoms with E-state index in [0.29, 0.717) is 0 Å². The molecule has 1 aliphatic heterocycles. The van der Waals surface area contributed by atoms with Crippen LogP contribution in [0.4, 0.5) is 0 Å². The first kappa shape index (κ1) is 17.2. The fourth-order valence-electron chi connectivity index (χ4n) is 2.36. The van der Waals surface area contributed by atoms with Crippen molar-refractivity contribution in [2.75, 3.05) is 26.2 Å². The SMILES string of the molecule is CCNC(=NCCn1cnnc1CC)N1CCCC1.I. The molecule has 0 amide bonds. The van der Waals surface area contributed by atoms with Crippen LogP contribution in [0.15, 0.2) is 11.3 Å². The molecule has 2 heterocycles. The number of nitrogens with zero attached hydrogens (tertiary/aromatic N) is 5. The van der Waals surface area contributed by atoms with E-state index in [9.17, 15) is 0 Å². The number of rotatable bonds is 5. The first-order valence-corrected chi connectivity index (χ1v) is 7.25. The predicted octanol–water partition coefficient (Wildman–Crippen LogP) is 1.52. The Morgan fingerprint density at radius 2 is 2.10 bits per heavy atom. The second kappa shape index (κ2) is 9.15. The van der Waals surface area contributed by atoms with Gasteiger partial charge < -0.3 is 14.8 Å². The predicted molar refractivity (Wildman–Crippen MR) is 91.6 cm³/mol. The van der Waals surface area contributed by atoms with Crippen molar-refractivity contribution in [1.29, 1.82) is 0 Å². The number of likely N-dealkylation sites (tertiary alicyclic amines) is 1. The fourth-order valence-corrected chi connectivity index (χ4v) is 2.36. The second-order valence-electron chi connectivity index (χ2n) is 4.72. The summed E-state index contributed by atoms with van der Waals surface area (Å²) in [4.78, 5) is 7.04. The Kier molecular flexibility index (Phi) is 7.86. The first-order valence-electron chi connectivity index (χ1n) is 7.25. The first-order chi connectivity index (χ1) is 9.35. The number of hydrogen-bond donors (Lipinski definition) is 1. The molecular formula is C13H25IN6. The smallest absolute Gasteiger partial charge is 0.193 e. The zero-order valence-electron chi connectivity index (χ0n) is 12.4. The Labute approximate surface area is 138 Å². The molecule has 1 aromatic rings. The van der Waals surface area contributed by atoms with E-state index < -0.39 is 0 Å². The van der Waals surface area contributed by atoms with Gasteiger partial charge in [0.2, 0.25) is 0 Å². The van der Waals surface area contributed by atoms with Gasteiger partial charge in [-0.25, -0.2) is 0 Å². The molecule has 1 aliphatic rings. The Hall–Kier alpha value is -0.860. The zero-order chi connectivity index (χ0) is 13.5. The van der Waals surface area contributed by atoms with Crippen LogP contribution in [0.2, 0.25) is 0 Å². The molecule has 2 rings (SSSR count). The Morgan fingerprint density at radius 3 is 2.75 bits per heavy atom. The van der Waals surface area contributed by atoms with E-state index in [-0.39, 0.29) is 24.0 Å². The normalized spacial score (nSPS) is 15.3. The van der Waals surface area contributed by atoms with E-state index in [1.54, 1.807) is 6.33 Å². The zero-order valence-corrected chi connectivity index (χ0v) is 14.7. The third kappa shape index (κ3) is 4.60. The number of aromatic nitrogens is 3. The molecule has 0 radical (unpaired) electrons. The molecular weight excluding hydrogens is 367 g/mol. The average molecular weight is 392 g/mol. The lowest BCUT2D eigenvalue weighted by Crippen LogP contribution is -2.39. The van der Waals surface area contributed by atoms with Gasteiger partial charge in [0.1, 0.15) is 12.2 Å². The van der Waals surface area contributed by atoms with E-state index in [0.717, 1.165) is 50.9 Å². The maximum absolute atomic E-state index is 4.70. The van der Waals surface area contributed by atoms with Crippen LogP contribution in [0.1, 0.15) is 32.5 Å². The molecule has 0 atom stereocenters. The summed E-state index contributed by atoms with van der Waals surface area (Å²) < 4.78 is 2.08. The van der Waals surface area contributed by atoms with Crippen molar-refractivity contribution in [1.82, 2.24) is 25.0 Å². The van der Waals surface area contributed by atoms with E-state index in [1.165, 1.54) is 12.8 Å². The minimum atomic E-state index is 0. The van der Waals surface area contributed by atoms with Crippen LogP contribution in [0.5, 0.6) is 0 Å². The number of hydrogen-bond acceptors (Lipinski definition) is 3. The maximum atomic E-state index is 4.70. The molecule has 0 aromatic carbocycles. The van der Waals surface area contributed by atoms with Crippen molar-refractivity contribution in [3.8, 4) is 0 Å². The summed E-state index contributed by atoms with van der Waals surface area (Å²) in [5.41, 5.74) is 0. The van der Waals surface area contributed by atoms with Crippen molar-refractivity contribution in [3.05, 3.63) is 12.2 Å². The quantitative estimate of drug-likeness (QED) is 0.469. The van der Waals surface area contributed by atoms with E-state index in [4.69, 9.17) is 4.99 Å². The number of halogens is 1. The van der Waals surface area contributed by atoms with Gasteiger partial charge in [-0.1, -0.05) is 6.92 Å². The van der Waals surface area contributed by atoms with E-state index in [2.05, 4.69) is 38.8 Å². The van der Waals surface area contributed by atoms with Crippen LogP contribution in [0.3, 0.4) is 0 Å². The van der Waals surface area contributed by atoms with Crippen LogP contribution < -0.4 is 5.32 Å². The lowest BCUT2D eigenvalue weighted by Gasteiger charge is -2.20. The third-order valence-electron chi connectivity index (χ3n) is 3.35. The molecule has 0 unspecified atom stereocenters. The van der Waals surface area contributed by atoms with Gasteiger partial charge in [0.05, 0.1) is 6.54 Å². The highest BCUT2D eigenvalue weighted by Gasteiger charge is 2.15. The average Bonchev–Trinajstić information content (AvgIpc) is 3.09. The largest absolute Gasteiger partial charge is 0.357 e. The summed E-state index contributed by atoms with van der Waals surface area (Å²) in [5.74, 6) is 2.08. The molecule has 1 N–H and O–H groups in total. The van der Waals surface area contributed by atoms with Crippen molar-refractivity contribution in [3.63, 3.8) is 0 Å². The number of nitrogens with one attached hydrogen (secondary N) is 1. The number of aliphatic imine (C=N–C) groups is 1. The molecule has 1 aromatic heterocycles. The maximum Gasteiger partial charge on any atom is 0.193 e. The van der Waals surface area contributed by atoms with Crippen molar-refractivity contribution in [2.24, 2.45) is 4.99 Å². The summed E-state index contributed by atoms with van der Waals surface area (Å²) >= 11 is 0. The summed E-state index contributed by atoms with van der Waals surface area (Å²) in [6.45, 7) is 8.99. The van der Waals surface area contributed by atoms with Crippen LogP contribution in [-0.4, -0.2) is 51.8 Å². The van der Waals surface area contributed by atoms with Gasteiger partial charge in [-0.05, 0) is 19.8 Å². The summed E-state index contributed by atoms with van der Waals surface area (Å²) in [6, 6.07) is 0. The molecule has 1 saturated heterocycles. The molecule has 0 bridgehead atoms. The van der Waals surface area contributed by atoms with Crippen LogP contribution in [0, 0.1) is 0 Å². The third-order valence-corrected chi connectivity index (χ3v) is 3.35. The Bertz CT molecular complexity index is 411. The summed E-state index contributed by atoms with van der Waals surface area (Å²) in [7, 11) is 0. The lowest BCUT2D eigenvalue weighted by atomic mass is 10.4. The molecule has 0 aliphatic carbocycles. The van der Waals surface area contributed by atoms with Crippen molar-refractivity contribution >= 4 is 29.9 Å². The Morgan fingerprint density at radius 1 is 1.35 bits per heavy atom. The van der Waals surface area contributed by atoms with Crippen LogP contribution in [-0.2, 0) is 13.0 Å². The van der Waals surface area contributed by atoms with Crippen LogP contribution in [0.25, 0.3) is 0 Å². The standard InChI is InChI=1S/C13H24N6.HI/c1-3-12-17-16-11-19(12)10-7-15-13(14-4-2)18-8-5-6-9-18;/h11H,3-10H2,1-2H3,(H,14,15);1H. The molecule has 1 fully saturated rings. The van der Waals surface area contributed by atoms with Crippen molar-refractivity contribution in [2.45, 2.75) is 39.7 Å². The molecule has 7 heteroatoms. The van der Waals surface area contributed by atoms with E-state index in [1.807, 2.05) is 0 Å². The van der Waals surface area contributed by atoms with E-state index >= 15 is 0 Å². The topological polar surface area (TPSA) is 58.3 Å². The van der Waals surface area contributed by atoms with Gasteiger partial charge in [0.15, 0.2) is 5.96 Å². The highest BCUT2D eigenvalue weighted by atomic mass is 127. The molecule has 0 saturated carbocycles. The molecule has 6 nitrogen and oxygen atoms in total. The minimum absolute atomic E-state index is 0. The summed E-state index contributed by atoms with van der Waals surface area (Å²) in [6.07, 6.45) is 5.25. The van der Waals surface area contributed by atoms with Crippen molar-refractivity contribution < 1.29 is 0 Å². The fraction of sp³-hybridized carbons (Fsp3) is 0.769. The molecule has 114 valence electrons. The second-order valence-corrected chi connectivity index (χ2v) is 4.72. The minimum Gasteiger partial charge on any atom is -0.357 e. The van der Waals surface area contributed by atoms with Gasteiger partial charge in [-0.15, -0.1) is 34.2 Å². The van der Waals surface area contributed by atoms with Crippen LogP contribution >= 0.6 is 24.0 Å². The monoisotopic (exact) mass is 392 g/mol. The van der Waals surface area contributed by atoms with Gasteiger partial charge in [-0.3, -0.25) is 4.99 Å². The highest BCUT2D eigenvalue weighted by Crippen LogP contribution is 2.07. The Balaban J connectivity index is 0.00000200. The highest BCUT2D eigenvalue weighted by molar-refractivity contribution is 14.0. The van der Waals surface area contributed by atoms with Gasteiger partial charge in [-0.2, -0.15) is 0 Å². The lowest BCUT2D eigenvalue weighted by molar-refractivity contribution is 0.492. The number of aryl methyl sites for hydroxylation is 1. The van der Waals surface area contributed by atoms with Gasteiger partial charge >= 0.3 is 0 Å². The number of guanidine groups is 1. The van der Waals surface area contributed by atoms with Gasteiger partial charge in [0.25, 0.3) is 0 Å². The summed E-state index contributed by atoms with van der Waals surface area (Å²) in [5, 5.41) is 11.4. The van der Waals surface area contributed by atoms with Gasteiger partial charge in [0, 0.05) is 32.6 Å². The molecule has 20 heavy (non-hydrogen) atoms. The molecule has 0 spiro atoms.